The zero-order valence-corrected chi connectivity index (χ0v) is 17.3. The zero-order valence-electron chi connectivity index (χ0n) is 15.8. The van der Waals surface area contributed by atoms with Crippen molar-refractivity contribution in [1.82, 2.24) is 0 Å². The van der Waals surface area contributed by atoms with Crippen molar-refractivity contribution in [1.29, 1.82) is 0 Å². The fourth-order valence-electron chi connectivity index (χ4n) is 2.61. The number of aryl methyl sites for hydroxylation is 1. The summed E-state index contributed by atoms with van der Waals surface area (Å²) < 4.78 is 32.8. The van der Waals surface area contributed by atoms with Gasteiger partial charge in [-0.2, -0.15) is 0 Å². The second-order valence-electron chi connectivity index (χ2n) is 6.27. The number of rotatable bonds is 6. The number of carbonyl (C=O) groups is 1. The van der Waals surface area contributed by atoms with Gasteiger partial charge in [0.1, 0.15) is 5.75 Å². The number of halogens is 1. The highest BCUT2D eigenvalue weighted by Crippen LogP contribution is 2.23. The largest absolute Gasteiger partial charge is 0.497 e. The van der Waals surface area contributed by atoms with Gasteiger partial charge in [-0.15, -0.1) is 0 Å². The molecule has 0 aliphatic heterocycles. The van der Waals surface area contributed by atoms with Gasteiger partial charge in [0.15, 0.2) is 0 Å². The van der Waals surface area contributed by atoms with E-state index in [9.17, 15) is 13.2 Å². The van der Waals surface area contributed by atoms with Gasteiger partial charge >= 0.3 is 0 Å². The lowest BCUT2D eigenvalue weighted by atomic mass is 10.2. The molecule has 0 spiro atoms. The number of methoxy groups -OCH3 is 1. The lowest BCUT2D eigenvalue weighted by molar-refractivity contribution is 0.102. The van der Waals surface area contributed by atoms with Crippen LogP contribution in [0.2, 0.25) is 5.02 Å². The Morgan fingerprint density at radius 3 is 2.21 bits per heavy atom. The first-order valence-corrected chi connectivity index (χ1v) is 10.5. The molecule has 3 rings (SSSR count). The third-order valence-corrected chi connectivity index (χ3v) is 5.82. The maximum absolute atomic E-state index is 12.6. The van der Waals surface area contributed by atoms with Crippen molar-refractivity contribution in [3.05, 3.63) is 82.9 Å². The number of hydrogen-bond acceptors (Lipinski definition) is 4. The predicted octanol–water partition coefficient (Wildman–Crippen LogP) is 4.71. The van der Waals surface area contributed by atoms with E-state index >= 15 is 0 Å². The van der Waals surface area contributed by atoms with Crippen LogP contribution in [0, 0.1) is 6.92 Å². The van der Waals surface area contributed by atoms with Crippen LogP contribution >= 0.6 is 11.6 Å². The van der Waals surface area contributed by atoms with E-state index in [1.807, 2.05) is 0 Å². The van der Waals surface area contributed by atoms with Gasteiger partial charge in [-0.1, -0.05) is 11.6 Å². The molecule has 6 nitrogen and oxygen atoms in total. The topological polar surface area (TPSA) is 84.5 Å². The Morgan fingerprint density at radius 1 is 0.966 bits per heavy atom. The summed E-state index contributed by atoms with van der Waals surface area (Å²) in [4.78, 5) is 12.4. The van der Waals surface area contributed by atoms with E-state index in [1.54, 1.807) is 56.5 Å². The van der Waals surface area contributed by atoms with E-state index in [2.05, 4.69) is 10.0 Å². The number of sulfonamides is 1. The van der Waals surface area contributed by atoms with Crippen LogP contribution in [0.3, 0.4) is 0 Å². The SMILES string of the molecule is COc1ccc(C(=O)Nc2ccc(S(=O)(=O)Nc3ccc(Cl)cc3C)cc2)cc1. The van der Waals surface area contributed by atoms with Gasteiger partial charge in [0.05, 0.1) is 17.7 Å². The number of benzene rings is 3. The van der Waals surface area contributed by atoms with Crippen LogP contribution in [0.1, 0.15) is 15.9 Å². The smallest absolute Gasteiger partial charge is 0.261 e. The van der Waals surface area contributed by atoms with Crippen LogP contribution in [0.4, 0.5) is 11.4 Å². The minimum absolute atomic E-state index is 0.0781. The van der Waals surface area contributed by atoms with E-state index in [0.717, 1.165) is 0 Å². The fraction of sp³-hybridized carbons (Fsp3) is 0.0952. The van der Waals surface area contributed by atoms with E-state index in [-0.39, 0.29) is 10.8 Å². The van der Waals surface area contributed by atoms with Crippen LogP contribution in [0.25, 0.3) is 0 Å². The van der Waals surface area contributed by atoms with Crippen LogP contribution in [-0.2, 0) is 10.0 Å². The second kappa shape index (κ2) is 8.55. The molecule has 0 saturated carbocycles. The molecule has 8 heteroatoms. The maximum Gasteiger partial charge on any atom is 0.261 e. The number of hydrogen-bond donors (Lipinski definition) is 2. The molecule has 2 N–H and O–H groups in total. The number of anilines is 2. The summed E-state index contributed by atoms with van der Waals surface area (Å²) >= 11 is 5.91. The van der Waals surface area contributed by atoms with Crippen molar-refractivity contribution in [2.24, 2.45) is 0 Å². The summed E-state index contributed by atoms with van der Waals surface area (Å²) in [6, 6.07) is 17.5. The van der Waals surface area contributed by atoms with Crippen molar-refractivity contribution in [2.75, 3.05) is 17.1 Å². The lowest BCUT2D eigenvalue weighted by Gasteiger charge is -2.12. The standard InChI is InChI=1S/C21H19ClN2O4S/c1-14-13-16(22)5-12-20(14)24-29(26,27)19-10-6-17(7-11-19)23-21(25)15-3-8-18(28-2)9-4-15/h3-13,24H,1-2H3,(H,23,25). The lowest BCUT2D eigenvalue weighted by Crippen LogP contribution is -2.14. The molecule has 0 unspecified atom stereocenters. The van der Waals surface area contributed by atoms with Crippen molar-refractivity contribution < 1.29 is 17.9 Å². The van der Waals surface area contributed by atoms with E-state index in [1.165, 1.54) is 24.3 Å². The van der Waals surface area contributed by atoms with Gasteiger partial charge in [0, 0.05) is 16.3 Å². The molecular weight excluding hydrogens is 412 g/mol. The number of amides is 1. The number of carbonyl (C=O) groups excluding carboxylic acids is 1. The first-order chi connectivity index (χ1) is 13.8. The Bertz CT molecular complexity index is 1130. The molecule has 3 aromatic carbocycles. The summed E-state index contributed by atoms with van der Waals surface area (Å²) in [7, 11) is -2.22. The molecule has 0 atom stereocenters. The molecule has 0 aliphatic carbocycles. The van der Waals surface area contributed by atoms with Crippen LogP contribution in [0.15, 0.2) is 71.6 Å². The normalized spacial score (nSPS) is 11.0. The van der Waals surface area contributed by atoms with Crippen molar-refractivity contribution >= 4 is 38.9 Å². The van der Waals surface area contributed by atoms with Gasteiger partial charge in [-0.25, -0.2) is 8.42 Å². The highest BCUT2D eigenvalue weighted by Gasteiger charge is 2.16. The molecule has 1 amide bonds. The van der Waals surface area contributed by atoms with Crippen molar-refractivity contribution in [3.63, 3.8) is 0 Å². The van der Waals surface area contributed by atoms with Gasteiger partial charge in [-0.05, 0) is 79.2 Å². The fourth-order valence-corrected chi connectivity index (χ4v) is 3.97. The Hall–Kier alpha value is -3.03. The Kier molecular flexibility index (Phi) is 6.10. The number of ether oxygens (including phenoxy) is 1. The van der Waals surface area contributed by atoms with E-state index in [0.29, 0.717) is 33.3 Å². The first-order valence-electron chi connectivity index (χ1n) is 8.63. The summed E-state index contributed by atoms with van der Waals surface area (Å²) in [5, 5.41) is 3.26. The predicted molar refractivity (Wildman–Crippen MR) is 114 cm³/mol. The highest BCUT2D eigenvalue weighted by molar-refractivity contribution is 7.92. The van der Waals surface area contributed by atoms with Crippen LogP contribution in [-0.4, -0.2) is 21.4 Å². The van der Waals surface area contributed by atoms with Gasteiger partial charge < -0.3 is 10.1 Å². The molecule has 0 bridgehead atoms. The van der Waals surface area contributed by atoms with Crippen LogP contribution in [0.5, 0.6) is 5.75 Å². The molecule has 0 heterocycles. The van der Waals surface area contributed by atoms with Gasteiger partial charge in [-0.3, -0.25) is 9.52 Å². The van der Waals surface area contributed by atoms with Crippen molar-refractivity contribution in [2.45, 2.75) is 11.8 Å². The zero-order chi connectivity index (χ0) is 21.0. The van der Waals surface area contributed by atoms with E-state index < -0.39 is 10.0 Å². The summed E-state index contributed by atoms with van der Waals surface area (Å²) in [5.41, 5.74) is 2.10. The Labute approximate surface area is 174 Å². The average Bonchev–Trinajstić information content (AvgIpc) is 2.70. The van der Waals surface area contributed by atoms with E-state index in [4.69, 9.17) is 16.3 Å². The molecule has 29 heavy (non-hydrogen) atoms. The summed E-state index contributed by atoms with van der Waals surface area (Å²) in [6.45, 7) is 1.77. The minimum atomic E-state index is -3.77. The molecule has 0 aliphatic rings. The third-order valence-electron chi connectivity index (χ3n) is 4.21. The second-order valence-corrected chi connectivity index (χ2v) is 8.39. The highest BCUT2D eigenvalue weighted by atomic mass is 35.5. The van der Waals surface area contributed by atoms with Gasteiger partial charge in [0.25, 0.3) is 15.9 Å². The molecule has 3 aromatic rings. The first kappa shape index (κ1) is 20.7. The summed E-state index contributed by atoms with van der Waals surface area (Å²) in [5.74, 6) is 0.345. The quantitative estimate of drug-likeness (QED) is 0.593. The molecular formula is C21H19ClN2O4S. The molecule has 150 valence electrons. The summed E-state index contributed by atoms with van der Waals surface area (Å²) in [6.07, 6.45) is 0. The molecule has 0 fully saturated rings. The Balaban J connectivity index is 1.72. The number of nitrogens with one attached hydrogen (secondary N) is 2. The Morgan fingerprint density at radius 2 is 1.62 bits per heavy atom. The monoisotopic (exact) mass is 430 g/mol. The van der Waals surface area contributed by atoms with Crippen molar-refractivity contribution in [3.8, 4) is 5.75 Å². The molecule has 0 radical (unpaired) electrons. The maximum atomic E-state index is 12.6. The average molecular weight is 431 g/mol. The van der Waals surface area contributed by atoms with Crippen LogP contribution < -0.4 is 14.8 Å². The minimum Gasteiger partial charge on any atom is -0.497 e. The molecule has 0 aromatic heterocycles. The third kappa shape index (κ3) is 5.07. The molecule has 0 saturated heterocycles. The van der Waals surface area contributed by atoms with Gasteiger partial charge in [0.2, 0.25) is 0 Å².